The van der Waals surface area contributed by atoms with Crippen LogP contribution in [0.1, 0.15) is 53.0 Å². The summed E-state index contributed by atoms with van der Waals surface area (Å²) in [7, 11) is 0. The maximum absolute atomic E-state index is 12.7. The maximum Gasteiger partial charge on any atom is 0.344 e. The van der Waals surface area contributed by atoms with Crippen molar-refractivity contribution in [3.63, 3.8) is 0 Å². The topological polar surface area (TPSA) is 146 Å². The summed E-state index contributed by atoms with van der Waals surface area (Å²) in [5.41, 5.74) is 1.15. The molecule has 2 amide bonds. The highest BCUT2D eigenvalue weighted by atomic mass is 16.6. The highest BCUT2D eigenvalue weighted by Gasteiger charge is 2.18. The summed E-state index contributed by atoms with van der Waals surface area (Å²) < 4.78 is 20.6. The largest absolute Gasteiger partial charge is 0.480 e. The third kappa shape index (κ3) is 10.2. The summed E-state index contributed by atoms with van der Waals surface area (Å²) >= 11 is 0. The monoisotopic (exact) mass is 554 g/mol. The van der Waals surface area contributed by atoms with Gasteiger partial charge in [0.2, 0.25) is 11.8 Å². The molecule has 0 radical (unpaired) electrons. The summed E-state index contributed by atoms with van der Waals surface area (Å²) in [6.07, 6.45) is 4.02. The molecule has 11 heteroatoms. The van der Waals surface area contributed by atoms with Gasteiger partial charge in [-0.3, -0.25) is 19.2 Å². The fourth-order valence-electron chi connectivity index (χ4n) is 3.52. The second-order valence-corrected chi connectivity index (χ2v) is 8.52. The van der Waals surface area contributed by atoms with Crippen LogP contribution in [0, 0.1) is 5.92 Å². The molecule has 0 aromatic heterocycles. The number of esters is 3. The quantitative estimate of drug-likeness (QED) is 0.207. The third-order valence-corrected chi connectivity index (χ3v) is 5.41. The van der Waals surface area contributed by atoms with E-state index in [9.17, 15) is 24.0 Å². The lowest BCUT2D eigenvalue weighted by Gasteiger charge is -2.17. The van der Waals surface area contributed by atoms with Gasteiger partial charge in [0.25, 0.3) is 0 Å². The normalized spacial score (nSPS) is 10.7. The highest BCUT2D eigenvalue weighted by molar-refractivity contribution is 6.03. The number of amides is 2. The van der Waals surface area contributed by atoms with E-state index in [-0.39, 0.29) is 48.0 Å². The fourth-order valence-corrected chi connectivity index (χ4v) is 3.52. The number of carbonyl (C=O) groups excluding carboxylic acids is 5. The first kappa shape index (κ1) is 31.5. The molecule has 0 fully saturated rings. The summed E-state index contributed by atoms with van der Waals surface area (Å²) in [5, 5.41) is 5.52. The Bertz CT molecular complexity index is 1270. The van der Waals surface area contributed by atoms with Gasteiger partial charge in [0, 0.05) is 31.5 Å². The number of ether oxygens (including phenoxy) is 4. The molecule has 0 bridgehead atoms. The lowest BCUT2D eigenvalue weighted by molar-refractivity contribution is -0.145. The van der Waals surface area contributed by atoms with Crippen LogP contribution < -0.4 is 24.8 Å². The molecule has 11 nitrogen and oxygen atoms in total. The minimum atomic E-state index is -0.603. The number of rotatable bonds is 13. The van der Waals surface area contributed by atoms with E-state index in [0.717, 1.165) is 0 Å². The van der Waals surface area contributed by atoms with Gasteiger partial charge >= 0.3 is 17.9 Å². The van der Waals surface area contributed by atoms with Crippen LogP contribution >= 0.6 is 0 Å². The molecule has 2 aromatic rings. The number of anilines is 2. The van der Waals surface area contributed by atoms with Crippen molar-refractivity contribution in [2.24, 2.45) is 5.92 Å². The van der Waals surface area contributed by atoms with Crippen molar-refractivity contribution in [1.29, 1.82) is 0 Å². The third-order valence-electron chi connectivity index (χ3n) is 5.41. The molecule has 2 N–H and O–H groups in total. The molecule has 2 aromatic carbocycles. The molecular formula is C29H34N2O9. The van der Waals surface area contributed by atoms with Crippen molar-refractivity contribution in [3.8, 4) is 17.2 Å². The van der Waals surface area contributed by atoms with Gasteiger partial charge in [0.15, 0.2) is 18.1 Å². The van der Waals surface area contributed by atoms with Crippen LogP contribution in [0.25, 0.3) is 6.08 Å². The molecule has 0 heterocycles. The van der Waals surface area contributed by atoms with Crippen LogP contribution in [0.2, 0.25) is 0 Å². The Morgan fingerprint density at radius 2 is 1.48 bits per heavy atom. The molecule has 0 saturated heterocycles. The van der Waals surface area contributed by atoms with Crippen LogP contribution in [0.15, 0.2) is 42.5 Å². The van der Waals surface area contributed by atoms with Crippen molar-refractivity contribution in [2.75, 3.05) is 23.8 Å². The first-order valence-electron chi connectivity index (χ1n) is 12.8. The molecule has 214 valence electrons. The second kappa shape index (κ2) is 15.7. The Balaban J connectivity index is 2.23. The first-order valence-corrected chi connectivity index (χ1v) is 12.8. The highest BCUT2D eigenvalue weighted by Crippen LogP contribution is 2.31. The van der Waals surface area contributed by atoms with Crippen LogP contribution in [0.4, 0.5) is 11.4 Å². The van der Waals surface area contributed by atoms with Crippen LogP contribution in [0.5, 0.6) is 17.2 Å². The van der Waals surface area contributed by atoms with Crippen LogP contribution in [0.3, 0.4) is 0 Å². The standard InChI is InChI=1S/C29H34N2O9/c1-6-21(7-2)29(36)31-23-16-22(11-13-24(23)38-17-28(35)37-8-3)30-27(34)14-10-20-9-12-25(39-18(4)32)26(15-20)40-19(5)33/h9-16,21H,6-8,17H2,1-5H3,(H,30,34)(H,31,36)/b14-10+. The van der Waals surface area contributed by atoms with Gasteiger partial charge < -0.3 is 29.6 Å². The SMILES string of the molecule is CCOC(=O)COc1ccc(NC(=O)/C=C/c2ccc(OC(C)=O)c(OC(C)=O)c2)cc1NC(=O)C(CC)CC. The molecule has 0 atom stereocenters. The zero-order chi connectivity index (χ0) is 29.7. The van der Waals surface area contributed by atoms with Gasteiger partial charge in [-0.1, -0.05) is 19.9 Å². The lowest BCUT2D eigenvalue weighted by atomic mass is 10.0. The zero-order valence-electron chi connectivity index (χ0n) is 23.2. The average Bonchev–Trinajstić information content (AvgIpc) is 2.88. The minimum Gasteiger partial charge on any atom is -0.480 e. The molecule has 0 spiro atoms. The molecule has 0 aliphatic heterocycles. The molecule has 0 unspecified atom stereocenters. The van der Waals surface area contributed by atoms with E-state index in [0.29, 0.717) is 24.1 Å². The van der Waals surface area contributed by atoms with Gasteiger partial charge in [0.05, 0.1) is 12.3 Å². The van der Waals surface area contributed by atoms with Gasteiger partial charge in [-0.25, -0.2) is 4.79 Å². The predicted molar refractivity (Wildman–Crippen MR) is 148 cm³/mol. The molecular weight excluding hydrogens is 520 g/mol. The van der Waals surface area contributed by atoms with Gasteiger partial charge in [-0.2, -0.15) is 0 Å². The van der Waals surface area contributed by atoms with Gasteiger partial charge in [-0.15, -0.1) is 0 Å². The molecule has 2 rings (SSSR count). The Hall–Kier alpha value is -4.67. The van der Waals surface area contributed by atoms with Crippen molar-refractivity contribution in [2.45, 2.75) is 47.5 Å². The van der Waals surface area contributed by atoms with E-state index in [1.165, 1.54) is 50.3 Å². The smallest absolute Gasteiger partial charge is 0.344 e. The van der Waals surface area contributed by atoms with Gasteiger partial charge in [0.1, 0.15) is 5.75 Å². The number of nitrogens with one attached hydrogen (secondary N) is 2. The van der Waals surface area contributed by atoms with Crippen LogP contribution in [-0.2, 0) is 28.7 Å². The van der Waals surface area contributed by atoms with E-state index in [1.807, 2.05) is 13.8 Å². The predicted octanol–water partition coefficient (Wildman–Crippen LogP) is 4.51. The number of hydrogen-bond donors (Lipinski definition) is 2. The van der Waals surface area contributed by atoms with Crippen LogP contribution in [-0.4, -0.2) is 42.9 Å². The number of carbonyl (C=O) groups is 5. The van der Waals surface area contributed by atoms with Gasteiger partial charge in [-0.05, 0) is 61.7 Å². The molecule has 0 aliphatic carbocycles. The summed E-state index contributed by atoms with van der Waals surface area (Å²) in [4.78, 5) is 59.8. The van der Waals surface area contributed by atoms with Crippen molar-refractivity contribution < 1.29 is 42.9 Å². The van der Waals surface area contributed by atoms with E-state index in [2.05, 4.69) is 10.6 Å². The van der Waals surface area contributed by atoms with E-state index in [4.69, 9.17) is 18.9 Å². The average molecular weight is 555 g/mol. The second-order valence-electron chi connectivity index (χ2n) is 8.52. The van der Waals surface area contributed by atoms with Crippen molar-refractivity contribution >= 4 is 47.2 Å². The number of hydrogen-bond acceptors (Lipinski definition) is 9. The van der Waals surface area contributed by atoms with Crippen molar-refractivity contribution in [3.05, 3.63) is 48.0 Å². The Labute approximate surface area is 232 Å². The Morgan fingerprint density at radius 3 is 2.10 bits per heavy atom. The zero-order valence-corrected chi connectivity index (χ0v) is 23.2. The first-order chi connectivity index (χ1) is 19.1. The summed E-state index contributed by atoms with van der Waals surface area (Å²) in [6, 6.07) is 9.09. The number of benzene rings is 2. The maximum atomic E-state index is 12.7. The Kier molecular flexibility index (Phi) is 12.4. The van der Waals surface area contributed by atoms with E-state index >= 15 is 0 Å². The lowest BCUT2D eigenvalue weighted by Crippen LogP contribution is -2.23. The van der Waals surface area contributed by atoms with E-state index < -0.39 is 23.8 Å². The summed E-state index contributed by atoms with van der Waals surface area (Å²) in [5.74, 6) is -2.32. The molecule has 40 heavy (non-hydrogen) atoms. The fraction of sp³-hybridized carbons (Fsp3) is 0.345. The molecule has 0 aliphatic rings. The Morgan fingerprint density at radius 1 is 0.825 bits per heavy atom. The summed E-state index contributed by atoms with van der Waals surface area (Å²) in [6.45, 7) is 7.80. The van der Waals surface area contributed by atoms with E-state index in [1.54, 1.807) is 19.1 Å². The van der Waals surface area contributed by atoms with Crippen molar-refractivity contribution in [1.82, 2.24) is 0 Å². The minimum absolute atomic E-state index is 0.0292. The molecule has 0 saturated carbocycles.